The van der Waals surface area contributed by atoms with Gasteiger partial charge in [0.05, 0.1) is 42.7 Å². The molecule has 0 amide bonds. The highest BCUT2D eigenvalue weighted by Gasteiger charge is 2.12. The van der Waals surface area contributed by atoms with Gasteiger partial charge in [0.1, 0.15) is 34.5 Å². The highest BCUT2D eigenvalue weighted by molar-refractivity contribution is 6.08. The number of carbonyl (C=O) groups is 2. The summed E-state index contributed by atoms with van der Waals surface area (Å²) in [5.41, 5.74) is 2.06. The summed E-state index contributed by atoms with van der Waals surface area (Å²) in [4.78, 5) is 25.7. The number of ether oxygens (including phenoxy) is 6. The number of methoxy groups -OCH3 is 6. The molecule has 8 nitrogen and oxygen atoms in total. The monoisotopic (exact) mass is 518 g/mol. The lowest BCUT2D eigenvalue weighted by Crippen LogP contribution is -1.98. The van der Waals surface area contributed by atoms with Crippen molar-refractivity contribution in [3.05, 3.63) is 82.9 Å². The molecule has 0 aliphatic carbocycles. The Morgan fingerprint density at radius 2 is 0.789 bits per heavy atom. The predicted octanol–water partition coefficient (Wildman–Crippen LogP) is 5.53. The molecular formula is C30H30O8. The third-order valence-corrected chi connectivity index (χ3v) is 5.68. The first-order valence-corrected chi connectivity index (χ1v) is 11.5. The average Bonchev–Trinajstić information content (AvgIpc) is 2.97. The Bertz CT molecular complexity index is 1220. The van der Waals surface area contributed by atoms with E-state index in [9.17, 15) is 9.59 Å². The van der Waals surface area contributed by atoms with Gasteiger partial charge >= 0.3 is 0 Å². The Morgan fingerprint density at radius 1 is 0.474 bits per heavy atom. The molecule has 0 bridgehead atoms. The van der Waals surface area contributed by atoms with Crippen LogP contribution in [0.2, 0.25) is 0 Å². The molecule has 3 rings (SSSR count). The highest BCUT2D eigenvalue weighted by atomic mass is 16.5. The van der Waals surface area contributed by atoms with Crippen LogP contribution in [0.4, 0.5) is 0 Å². The number of hydrogen-bond donors (Lipinski definition) is 0. The molecule has 0 saturated heterocycles. The lowest BCUT2D eigenvalue weighted by molar-refractivity contribution is 0.103. The molecule has 0 heterocycles. The minimum Gasteiger partial charge on any atom is -0.497 e. The first kappa shape index (κ1) is 27.9. The summed E-state index contributed by atoms with van der Waals surface area (Å²) in [6.07, 6.45) is 6.13. The maximum Gasteiger partial charge on any atom is 0.186 e. The van der Waals surface area contributed by atoms with Crippen LogP contribution in [-0.2, 0) is 0 Å². The quantitative estimate of drug-likeness (QED) is 0.228. The van der Waals surface area contributed by atoms with Crippen molar-refractivity contribution < 1.29 is 38.0 Å². The van der Waals surface area contributed by atoms with Gasteiger partial charge in [-0.2, -0.15) is 0 Å². The van der Waals surface area contributed by atoms with Crippen molar-refractivity contribution >= 4 is 23.7 Å². The summed E-state index contributed by atoms with van der Waals surface area (Å²) in [6.45, 7) is 0. The Labute approximate surface area is 222 Å². The van der Waals surface area contributed by atoms with E-state index in [2.05, 4.69) is 0 Å². The van der Waals surface area contributed by atoms with Crippen molar-refractivity contribution in [2.24, 2.45) is 0 Å². The van der Waals surface area contributed by atoms with Crippen molar-refractivity contribution in [3.63, 3.8) is 0 Å². The lowest BCUT2D eigenvalue weighted by atomic mass is 10.0. The number of rotatable bonds is 12. The number of allylic oxidation sites excluding steroid dienone is 2. The molecule has 0 spiro atoms. The first-order valence-electron chi connectivity index (χ1n) is 11.5. The van der Waals surface area contributed by atoms with Crippen LogP contribution in [0.15, 0.2) is 60.7 Å². The zero-order chi connectivity index (χ0) is 27.7. The normalized spacial score (nSPS) is 10.9. The van der Waals surface area contributed by atoms with E-state index in [-0.39, 0.29) is 11.6 Å². The van der Waals surface area contributed by atoms with Crippen LogP contribution in [-0.4, -0.2) is 54.2 Å². The van der Waals surface area contributed by atoms with Crippen molar-refractivity contribution in [1.29, 1.82) is 0 Å². The van der Waals surface area contributed by atoms with Gasteiger partial charge < -0.3 is 28.4 Å². The van der Waals surface area contributed by atoms with Gasteiger partial charge in [-0.05, 0) is 60.7 Å². The smallest absolute Gasteiger partial charge is 0.186 e. The fraction of sp³-hybridized carbons (Fsp3) is 0.200. The number of carbonyl (C=O) groups excluding carboxylic acids is 2. The molecule has 0 unspecified atom stereocenters. The van der Waals surface area contributed by atoms with E-state index < -0.39 is 0 Å². The molecule has 3 aromatic carbocycles. The van der Waals surface area contributed by atoms with Crippen LogP contribution in [0.25, 0.3) is 12.2 Å². The molecule has 198 valence electrons. The molecule has 0 aromatic heterocycles. The van der Waals surface area contributed by atoms with Crippen LogP contribution < -0.4 is 28.4 Å². The van der Waals surface area contributed by atoms with E-state index in [1.54, 1.807) is 60.7 Å². The molecular weight excluding hydrogens is 488 g/mol. The maximum absolute atomic E-state index is 12.8. The van der Waals surface area contributed by atoms with E-state index in [1.165, 1.54) is 54.8 Å². The number of hydrogen-bond acceptors (Lipinski definition) is 8. The van der Waals surface area contributed by atoms with E-state index in [4.69, 9.17) is 28.4 Å². The minimum atomic E-state index is -0.244. The van der Waals surface area contributed by atoms with Gasteiger partial charge in [-0.1, -0.05) is 0 Å². The Kier molecular flexibility index (Phi) is 9.54. The molecule has 0 aliphatic heterocycles. The molecule has 8 heteroatoms. The summed E-state index contributed by atoms with van der Waals surface area (Å²) in [7, 11) is 9.13. The third kappa shape index (κ3) is 6.73. The average molecular weight is 519 g/mol. The van der Waals surface area contributed by atoms with Crippen LogP contribution in [0.5, 0.6) is 34.5 Å². The highest BCUT2D eigenvalue weighted by Crippen LogP contribution is 2.32. The zero-order valence-electron chi connectivity index (χ0n) is 22.2. The van der Waals surface area contributed by atoms with Crippen LogP contribution in [0.3, 0.4) is 0 Å². The molecule has 0 atom stereocenters. The third-order valence-electron chi connectivity index (χ3n) is 5.68. The van der Waals surface area contributed by atoms with E-state index in [0.29, 0.717) is 56.8 Å². The molecule has 0 N–H and O–H groups in total. The fourth-order valence-electron chi connectivity index (χ4n) is 3.63. The largest absolute Gasteiger partial charge is 0.497 e. The van der Waals surface area contributed by atoms with Gasteiger partial charge in [-0.15, -0.1) is 0 Å². The second kappa shape index (κ2) is 13.0. The van der Waals surface area contributed by atoms with Crippen molar-refractivity contribution in [2.75, 3.05) is 42.7 Å². The first-order chi connectivity index (χ1) is 18.3. The molecule has 3 aromatic rings. The van der Waals surface area contributed by atoms with E-state index >= 15 is 0 Å². The van der Waals surface area contributed by atoms with Crippen molar-refractivity contribution in [1.82, 2.24) is 0 Å². The summed E-state index contributed by atoms with van der Waals surface area (Å²) < 4.78 is 32.1. The summed E-state index contributed by atoms with van der Waals surface area (Å²) in [6, 6.07) is 13.4. The Balaban J connectivity index is 1.89. The molecule has 0 fully saturated rings. The Hall–Kier alpha value is -4.72. The second-order valence-electron chi connectivity index (χ2n) is 7.93. The van der Waals surface area contributed by atoms with Gasteiger partial charge in [-0.3, -0.25) is 9.59 Å². The molecule has 0 saturated carbocycles. The topological polar surface area (TPSA) is 89.5 Å². The van der Waals surface area contributed by atoms with Gasteiger partial charge in [0.15, 0.2) is 11.6 Å². The van der Waals surface area contributed by atoms with Crippen LogP contribution >= 0.6 is 0 Å². The molecule has 0 aliphatic rings. The number of ketones is 2. The van der Waals surface area contributed by atoms with Gasteiger partial charge in [0.25, 0.3) is 0 Å². The van der Waals surface area contributed by atoms with E-state index in [1.807, 2.05) is 0 Å². The van der Waals surface area contributed by atoms with E-state index in [0.717, 1.165) is 0 Å². The van der Waals surface area contributed by atoms with Gasteiger partial charge in [0, 0.05) is 34.4 Å². The van der Waals surface area contributed by atoms with Crippen molar-refractivity contribution in [2.45, 2.75) is 0 Å². The lowest BCUT2D eigenvalue weighted by Gasteiger charge is -2.11. The van der Waals surface area contributed by atoms with Gasteiger partial charge in [0.2, 0.25) is 0 Å². The van der Waals surface area contributed by atoms with Gasteiger partial charge in [-0.25, -0.2) is 0 Å². The molecule has 0 radical (unpaired) electrons. The van der Waals surface area contributed by atoms with Crippen molar-refractivity contribution in [3.8, 4) is 34.5 Å². The Morgan fingerprint density at radius 3 is 1.05 bits per heavy atom. The summed E-state index contributed by atoms with van der Waals surface area (Å²) in [5, 5.41) is 0. The molecule has 38 heavy (non-hydrogen) atoms. The predicted molar refractivity (Wildman–Crippen MR) is 145 cm³/mol. The second-order valence-corrected chi connectivity index (χ2v) is 7.93. The fourth-order valence-corrected chi connectivity index (χ4v) is 3.63. The van der Waals surface area contributed by atoms with Crippen LogP contribution in [0.1, 0.15) is 31.8 Å². The SMILES string of the molecule is COc1cc(OC)cc(C(=O)/C=C/c2cc(OC)c(/C=C/C(=O)c3cc(OC)cc(OC)c3)cc2OC)c1. The minimum absolute atomic E-state index is 0.244. The number of benzene rings is 3. The summed E-state index contributed by atoms with van der Waals surface area (Å²) in [5.74, 6) is 2.55. The zero-order valence-corrected chi connectivity index (χ0v) is 22.2. The summed E-state index contributed by atoms with van der Waals surface area (Å²) >= 11 is 0. The van der Waals surface area contributed by atoms with Crippen LogP contribution in [0, 0.1) is 0 Å². The maximum atomic E-state index is 12.8. The standard InChI is InChI=1S/C30H30O8/c1-33-23-11-21(12-24(17-23)34-2)27(31)9-7-19-15-30(38-6)20(16-29(19)37-5)8-10-28(32)22-13-25(35-3)18-26(14-22)36-4/h7-18H,1-6H3/b9-7+,10-8+.